The van der Waals surface area contributed by atoms with E-state index in [1.54, 1.807) is 0 Å². The molecule has 0 saturated carbocycles. The minimum Gasteiger partial charge on any atom is -0.381 e. The van der Waals surface area contributed by atoms with Crippen molar-refractivity contribution in [2.24, 2.45) is 0 Å². The molecule has 0 atom stereocenters. The zero-order valence-electron chi connectivity index (χ0n) is 21.5. The molecule has 8 heteroatoms. The molecule has 0 radical (unpaired) electrons. The second-order valence-electron chi connectivity index (χ2n) is 12.3. The first-order valence-corrected chi connectivity index (χ1v) is 12.0. The van der Waals surface area contributed by atoms with Gasteiger partial charge in [-0.1, -0.05) is 0 Å². The van der Waals surface area contributed by atoms with Crippen molar-refractivity contribution in [3.8, 4) is 0 Å². The van der Waals surface area contributed by atoms with Crippen LogP contribution >= 0.6 is 11.8 Å². The molecule has 3 aliphatic rings. The van der Waals surface area contributed by atoms with Crippen LogP contribution < -0.4 is 0 Å². The summed E-state index contributed by atoms with van der Waals surface area (Å²) in [6, 6.07) is 0. The third kappa shape index (κ3) is 5.09. The number of methoxy groups -OCH3 is 2. The molecule has 0 aromatic rings. The Hall–Kier alpha value is 0.01000. The fourth-order valence-corrected chi connectivity index (χ4v) is 7.40. The van der Waals surface area contributed by atoms with Gasteiger partial charge in [0.05, 0.1) is 32.2 Å². The van der Waals surface area contributed by atoms with Crippen LogP contribution in [0.1, 0.15) is 81.1 Å². The molecule has 3 heterocycles. The molecule has 0 aliphatic carbocycles. The molecule has 3 aliphatic heterocycles. The van der Waals surface area contributed by atoms with E-state index in [4.69, 9.17) is 21.3 Å². The second kappa shape index (κ2) is 8.66. The van der Waals surface area contributed by atoms with Crippen molar-refractivity contribution in [2.45, 2.75) is 115 Å². The van der Waals surface area contributed by atoms with Crippen molar-refractivity contribution in [3.63, 3.8) is 0 Å². The Morgan fingerprint density at radius 3 is 1.13 bits per heavy atom. The maximum absolute atomic E-state index is 6.78. The number of piperidine rings is 2. The summed E-state index contributed by atoms with van der Waals surface area (Å²) in [4.78, 5) is 0. The van der Waals surface area contributed by atoms with Crippen LogP contribution in [0.2, 0.25) is 0 Å². The lowest BCUT2D eigenvalue weighted by Gasteiger charge is -2.64. The largest absolute Gasteiger partial charge is 0.381 e. The SMILES string of the molecule is COC1CC(C)(C)N(N2CN(Cl)CN(N3C(C)(C)CC(OC)CC3(C)C)C2)C(C)(C)C1. The maximum atomic E-state index is 6.78. The summed E-state index contributed by atoms with van der Waals surface area (Å²) in [5.41, 5.74) is -0.122. The van der Waals surface area contributed by atoms with E-state index in [-0.39, 0.29) is 34.4 Å². The highest BCUT2D eigenvalue weighted by Gasteiger charge is 2.53. The van der Waals surface area contributed by atoms with Gasteiger partial charge in [-0.05, 0) is 92.8 Å². The third-order valence-electron chi connectivity index (χ3n) is 7.39. The van der Waals surface area contributed by atoms with Crippen molar-refractivity contribution in [3.05, 3.63) is 0 Å². The maximum Gasteiger partial charge on any atom is 0.0823 e. The first-order valence-electron chi connectivity index (χ1n) is 11.7. The minimum atomic E-state index is -0.0305. The quantitative estimate of drug-likeness (QED) is 0.585. The molecule has 3 fully saturated rings. The molecule has 7 nitrogen and oxygen atoms in total. The van der Waals surface area contributed by atoms with E-state index in [1.807, 2.05) is 18.6 Å². The number of hydrogen-bond donors (Lipinski definition) is 0. The number of nitrogens with zero attached hydrogens (tertiary/aromatic N) is 5. The molecule has 0 amide bonds. The normalized spacial score (nSPS) is 31.8. The Kier molecular flexibility index (Phi) is 7.16. The van der Waals surface area contributed by atoms with Crippen molar-refractivity contribution in [2.75, 3.05) is 34.2 Å². The van der Waals surface area contributed by atoms with E-state index in [2.05, 4.69) is 75.4 Å². The first-order chi connectivity index (χ1) is 14.1. The molecule has 0 spiro atoms. The van der Waals surface area contributed by atoms with Crippen LogP contribution in [0.3, 0.4) is 0 Å². The second-order valence-corrected chi connectivity index (χ2v) is 12.8. The third-order valence-corrected chi connectivity index (χ3v) is 7.61. The highest BCUT2D eigenvalue weighted by Crippen LogP contribution is 2.44. The molecule has 182 valence electrons. The van der Waals surface area contributed by atoms with Crippen LogP contribution in [0.15, 0.2) is 0 Å². The summed E-state index contributed by atoms with van der Waals surface area (Å²) in [5.74, 6) is 0. The van der Waals surface area contributed by atoms with Gasteiger partial charge in [-0.2, -0.15) is 4.42 Å². The lowest BCUT2D eigenvalue weighted by molar-refractivity contribution is -0.297. The Morgan fingerprint density at radius 2 is 0.871 bits per heavy atom. The number of rotatable bonds is 4. The number of halogens is 1. The highest BCUT2D eigenvalue weighted by molar-refractivity contribution is 6.13. The lowest BCUT2D eigenvalue weighted by atomic mass is 9.79. The van der Waals surface area contributed by atoms with Crippen LogP contribution in [-0.4, -0.2) is 93.0 Å². The molecule has 0 N–H and O–H groups in total. The lowest BCUT2D eigenvalue weighted by Crippen LogP contribution is -2.76. The standard InChI is InChI=1S/C23H46ClN5O2/c1-20(2)11-18(30-9)12-21(3,4)28(20)26-15-25(24)16-27(17-26)29-22(5,6)13-19(31-10)14-23(29,7)8/h18-19H,11-17H2,1-10H3. The summed E-state index contributed by atoms with van der Waals surface area (Å²) in [5, 5.41) is 10.0. The van der Waals surface area contributed by atoms with E-state index < -0.39 is 0 Å². The van der Waals surface area contributed by atoms with Crippen molar-refractivity contribution < 1.29 is 9.47 Å². The molecule has 0 bridgehead atoms. The molecule has 31 heavy (non-hydrogen) atoms. The Labute approximate surface area is 195 Å². The van der Waals surface area contributed by atoms with Gasteiger partial charge in [0, 0.05) is 36.4 Å². The predicted molar refractivity (Wildman–Crippen MR) is 126 cm³/mol. The molecule has 0 aromatic carbocycles. The van der Waals surface area contributed by atoms with Gasteiger partial charge in [0.15, 0.2) is 0 Å². The molecular formula is C23H46ClN5O2. The van der Waals surface area contributed by atoms with E-state index in [1.165, 1.54) is 0 Å². The molecule has 3 saturated heterocycles. The molecule has 0 unspecified atom stereocenters. The summed E-state index contributed by atoms with van der Waals surface area (Å²) < 4.78 is 13.5. The van der Waals surface area contributed by atoms with Gasteiger partial charge in [-0.3, -0.25) is 0 Å². The van der Waals surface area contributed by atoms with Crippen LogP contribution in [-0.2, 0) is 9.47 Å². The Balaban J connectivity index is 1.89. The van der Waals surface area contributed by atoms with Crippen molar-refractivity contribution >= 4 is 11.8 Å². The van der Waals surface area contributed by atoms with E-state index in [0.717, 1.165) is 32.4 Å². The summed E-state index contributed by atoms with van der Waals surface area (Å²) >= 11 is 6.78. The number of hydrogen-bond acceptors (Lipinski definition) is 7. The van der Waals surface area contributed by atoms with Crippen molar-refractivity contribution in [1.29, 1.82) is 0 Å². The molecular weight excluding hydrogens is 414 g/mol. The zero-order chi connectivity index (χ0) is 23.4. The van der Waals surface area contributed by atoms with Crippen LogP contribution in [0.5, 0.6) is 0 Å². The van der Waals surface area contributed by atoms with E-state index in [0.29, 0.717) is 13.3 Å². The predicted octanol–water partition coefficient (Wildman–Crippen LogP) is 4.10. The minimum absolute atomic E-state index is 0.0305. The summed E-state index contributed by atoms with van der Waals surface area (Å²) in [6.07, 6.45) is 4.56. The molecule has 0 aromatic heterocycles. The van der Waals surface area contributed by atoms with Gasteiger partial charge in [0.1, 0.15) is 0 Å². The first kappa shape index (κ1) is 25.6. The van der Waals surface area contributed by atoms with Crippen LogP contribution in [0.4, 0.5) is 0 Å². The number of ether oxygens (including phenoxy) is 2. The topological polar surface area (TPSA) is 34.7 Å². The van der Waals surface area contributed by atoms with E-state index >= 15 is 0 Å². The summed E-state index contributed by atoms with van der Waals surface area (Å²) in [6.45, 7) is 20.9. The van der Waals surface area contributed by atoms with E-state index in [9.17, 15) is 0 Å². The summed E-state index contributed by atoms with van der Waals surface area (Å²) in [7, 11) is 3.67. The monoisotopic (exact) mass is 459 g/mol. The van der Waals surface area contributed by atoms with Gasteiger partial charge in [-0.15, -0.1) is 0 Å². The Bertz CT molecular complexity index is 553. The van der Waals surface area contributed by atoms with Gasteiger partial charge >= 0.3 is 0 Å². The fraction of sp³-hybridized carbons (Fsp3) is 1.00. The van der Waals surface area contributed by atoms with Gasteiger partial charge in [0.25, 0.3) is 0 Å². The fourth-order valence-electron chi connectivity index (χ4n) is 7.15. The average Bonchev–Trinajstić information content (AvgIpc) is 2.56. The zero-order valence-corrected chi connectivity index (χ0v) is 22.3. The molecule has 3 rings (SSSR count). The average molecular weight is 460 g/mol. The van der Waals surface area contributed by atoms with Gasteiger partial charge < -0.3 is 9.47 Å². The van der Waals surface area contributed by atoms with Gasteiger partial charge in [-0.25, -0.2) is 20.0 Å². The smallest absolute Gasteiger partial charge is 0.0823 e. The van der Waals surface area contributed by atoms with Crippen molar-refractivity contribution in [1.82, 2.24) is 24.5 Å². The number of hydrazine groups is 2. The highest BCUT2D eigenvalue weighted by atomic mass is 35.5. The van der Waals surface area contributed by atoms with Gasteiger partial charge in [0.2, 0.25) is 0 Å². The van der Waals surface area contributed by atoms with Crippen LogP contribution in [0, 0.1) is 0 Å². The Morgan fingerprint density at radius 1 is 0.581 bits per heavy atom. The van der Waals surface area contributed by atoms with Crippen LogP contribution in [0.25, 0.3) is 0 Å².